The Bertz CT molecular complexity index is 763. The lowest BCUT2D eigenvalue weighted by molar-refractivity contribution is -0.274. The lowest BCUT2D eigenvalue weighted by Crippen LogP contribution is -2.24. The quantitative estimate of drug-likeness (QED) is 0.784. The normalized spacial score (nSPS) is 15.7. The fraction of sp³-hybridized carbons (Fsp3) is 0.429. The number of alkyl halides is 3. The molecular formula is C14H14F3N5O2S. The summed E-state index contributed by atoms with van der Waals surface area (Å²) in [6.45, 7) is 1.62. The van der Waals surface area contributed by atoms with Crippen LogP contribution in [-0.2, 0) is 4.79 Å². The van der Waals surface area contributed by atoms with Crippen molar-refractivity contribution >= 4 is 23.4 Å². The Morgan fingerprint density at radius 2 is 2.12 bits per heavy atom. The summed E-state index contributed by atoms with van der Waals surface area (Å²) < 4.78 is 42.9. The number of anilines is 1. The molecule has 1 atom stereocenters. The van der Waals surface area contributed by atoms with E-state index in [0.717, 1.165) is 30.7 Å². The number of nitrogens with one attached hydrogen (secondary N) is 1. The van der Waals surface area contributed by atoms with Gasteiger partial charge in [-0.1, -0.05) is 23.9 Å². The van der Waals surface area contributed by atoms with Crippen LogP contribution in [0.4, 0.5) is 18.9 Å². The number of para-hydroxylation sites is 2. The zero-order valence-corrected chi connectivity index (χ0v) is 13.8. The van der Waals surface area contributed by atoms with Gasteiger partial charge in [-0.15, -0.1) is 18.3 Å². The maximum atomic E-state index is 12.4. The highest BCUT2D eigenvalue weighted by Crippen LogP contribution is 2.37. The van der Waals surface area contributed by atoms with Gasteiger partial charge in [-0.2, -0.15) is 0 Å². The number of benzene rings is 1. The first-order chi connectivity index (χ1) is 11.8. The second kappa shape index (κ2) is 6.90. The number of rotatable bonds is 6. The first-order valence-corrected chi connectivity index (χ1v) is 8.31. The Labute approximate surface area is 144 Å². The van der Waals surface area contributed by atoms with E-state index < -0.39 is 23.3 Å². The van der Waals surface area contributed by atoms with Crippen LogP contribution < -0.4 is 10.1 Å². The molecule has 1 aromatic heterocycles. The van der Waals surface area contributed by atoms with Crippen LogP contribution in [0.2, 0.25) is 0 Å². The molecule has 1 aromatic carbocycles. The van der Waals surface area contributed by atoms with Crippen molar-refractivity contribution < 1.29 is 22.7 Å². The number of thioether (sulfide) groups is 1. The van der Waals surface area contributed by atoms with Crippen LogP contribution in [-0.4, -0.2) is 37.7 Å². The van der Waals surface area contributed by atoms with Crippen LogP contribution in [0, 0.1) is 0 Å². The molecule has 1 heterocycles. The van der Waals surface area contributed by atoms with Gasteiger partial charge in [0.25, 0.3) is 0 Å². The molecule has 3 rings (SSSR count). The van der Waals surface area contributed by atoms with Crippen molar-refractivity contribution in [2.24, 2.45) is 0 Å². The minimum Gasteiger partial charge on any atom is -0.404 e. The Morgan fingerprint density at radius 3 is 2.80 bits per heavy atom. The molecule has 1 unspecified atom stereocenters. The minimum absolute atomic E-state index is 0.0564. The number of hydrogen-bond donors (Lipinski definition) is 1. The summed E-state index contributed by atoms with van der Waals surface area (Å²) in [6, 6.07) is 5.62. The van der Waals surface area contributed by atoms with Crippen molar-refractivity contribution in [3.8, 4) is 5.75 Å². The molecule has 11 heteroatoms. The molecule has 0 aliphatic heterocycles. The molecule has 0 spiro atoms. The molecule has 1 saturated carbocycles. The van der Waals surface area contributed by atoms with Crippen molar-refractivity contribution in [2.75, 3.05) is 5.32 Å². The highest BCUT2D eigenvalue weighted by atomic mass is 32.2. The standard InChI is InChI=1S/C14H14F3N5O2S/c1-8(25-13-19-20-21-22(13)9-6-7-9)12(23)18-10-4-2-3-5-11(10)24-14(15,16)17/h2-5,8-9H,6-7H2,1H3,(H,18,23). The topological polar surface area (TPSA) is 81.9 Å². The molecule has 1 N–H and O–H groups in total. The molecule has 25 heavy (non-hydrogen) atoms. The molecule has 1 aliphatic rings. The smallest absolute Gasteiger partial charge is 0.404 e. The monoisotopic (exact) mass is 373 g/mol. The van der Waals surface area contributed by atoms with Crippen LogP contribution in [0.3, 0.4) is 0 Å². The molecule has 2 aromatic rings. The van der Waals surface area contributed by atoms with Crippen molar-refractivity contribution in [3.05, 3.63) is 24.3 Å². The molecule has 7 nitrogen and oxygen atoms in total. The summed E-state index contributed by atoms with van der Waals surface area (Å²) in [5, 5.41) is 13.7. The van der Waals surface area contributed by atoms with Crippen LogP contribution in [0.25, 0.3) is 0 Å². The summed E-state index contributed by atoms with van der Waals surface area (Å²) in [5.41, 5.74) is -0.0564. The molecule has 0 bridgehead atoms. The number of ether oxygens (including phenoxy) is 1. The predicted molar refractivity (Wildman–Crippen MR) is 83.2 cm³/mol. The van der Waals surface area contributed by atoms with Gasteiger partial charge in [0.15, 0.2) is 5.75 Å². The number of nitrogens with zero attached hydrogens (tertiary/aromatic N) is 4. The first kappa shape index (κ1) is 17.5. The van der Waals surface area contributed by atoms with Crippen molar-refractivity contribution in [1.82, 2.24) is 20.2 Å². The molecular weight excluding hydrogens is 359 g/mol. The molecule has 1 amide bonds. The lowest BCUT2D eigenvalue weighted by atomic mass is 10.3. The van der Waals surface area contributed by atoms with Crippen molar-refractivity contribution in [3.63, 3.8) is 0 Å². The minimum atomic E-state index is -4.84. The van der Waals surface area contributed by atoms with E-state index in [1.54, 1.807) is 11.6 Å². The second-order valence-electron chi connectivity index (χ2n) is 5.43. The van der Waals surface area contributed by atoms with Gasteiger partial charge in [-0.25, -0.2) is 4.68 Å². The Morgan fingerprint density at radius 1 is 1.40 bits per heavy atom. The number of tetrazole rings is 1. The van der Waals surface area contributed by atoms with Crippen molar-refractivity contribution in [2.45, 2.75) is 42.6 Å². The molecule has 1 aliphatic carbocycles. The van der Waals surface area contributed by atoms with Gasteiger partial charge in [0.1, 0.15) is 0 Å². The van der Waals surface area contributed by atoms with Gasteiger partial charge in [-0.05, 0) is 42.3 Å². The summed E-state index contributed by atoms with van der Waals surface area (Å²) in [4.78, 5) is 12.3. The van der Waals surface area contributed by atoms with E-state index in [1.807, 2.05) is 0 Å². The summed E-state index contributed by atoms with van der Waals surface area (Å²) in [7, 11) is 0. The van der Waals surface area contributed by atoms with E-state index in [-0.39, 0.29) is 11.7 Å². The molecule has 134 valence electrons. The van der Waals surface area contributed by atoms with E-state index in [2.05, 4.69) is 25.6 Å². The van der Waals surface area contributed by atoms with Crippen molar-refractivity contribution in [1.29, 1.82) is 0 Å². The molecule has 1 fully saturated rings. The Hall–Kier alpha value is -2.30. The van der Waals surface area contributed by atoms with Gasteiger partial charge < -0.3 is 10.1 Å². The maximum Gasteiger partial charge on any atom is 0.573 e. The third-order valence-electron chi connectivity index (χ3n) is 3.38. The largest absolute Gasteiger partial charge is 0.573 e. The van der Waals surface area contributed by atoms with Gasteiger partial charge in [0, 0.05) is 0 Å². The van der Waals surface area contributed by atoms with Crippen LogP contribution >= 0.6 is 11.8 Å². The summed E-state index contributed by atoms with van der Waals surface area (Å²) in [6.07, 6.45) is -2.86. The van der Waals surface area contributed by atoms with Gasteiger partial charge in [0.05, 0.1) is 17.0 Å². The van der Waals surface area contributed by atoms with E-state index >= 15 is 0 Å². The van der Waals surface area contributed by atoms with Gasteiger partial charge in [-0.3, -0.25) is 4.79 Å². The predicted octanol–water partition coefficient (Wildman–Crippen LogP) is 3.03. The number of carbonyl (C=O) groups is 1. The maximum absolute atomic E-state index is 12.4. The van der Waals surface area contributed by atoms with E-state index in [0.29, 0.717) is 5.16 Å². The lowest BCUT2D eigenvalue weighted by Gasteiger charge is -2.15. The SMILES string of the molecule is CC(Sc1nnnn1C1CC1)C(=O)Nc1ccccc1OC(F)(F)F. The first-order valence-electron chi connectivity index (χ1n) is 7.43. The number of aromatic nitrogens is 4. The van der Waals surface area contributed by atoms with E-state index in [4.69, 9.17) is 0 Å². The number of amides is 1. The van der Waals surface area contributed by atoms with Crippen LogP contribution in [0.5, 0.6) is 5.75 Å². The number of hydrogen-bond acceptors (Lipinski definition) is 6. The summed E-state index contributed by atoms with van der Waals surface area (Å²) in [5.74, 6) is -0.947. The van der Waals surface area contributed by atoms with Gasteiger partial charge in [0.2, 0.25) is 11.1 Å². The second-order valence-corrected chi connectivity index (χ2v) is 6.74. The number of halogens is 3. The fourth-order valence-electron chi connectivity index (χ4n) is 2.04. The molecule has 0 saturated heterocycles. The van der Waals surface area contributed by atoms with Gasteiger partial charge >= 0.3 is 6.36 Å². The van der Waals surface area contributed by atoms with E-state index in [1.165, 1.54) is 18.2 Å². The Kier molecular flexibility index (Phi) is 4.84. The van der Waals surface area contributed by atoms with E-state index in [9.17, 15) is 18.0 Å². The molecule has 0 radical (unpaired) electrons. The Balaban J connectivity index is 1.66. The average molecular weight is 373 g/mol. The summed E-state index contributed by atoms with van der Waals surface area (Å²) >= 11 is 1.14. The van der Waals surface area contributed by atoms with Crippen LogP contribution in [0.15, 0.2) is 29.4 Å². The third-order valence-corrected chi connectivity index (χ3v) is 4.42. The van der Waals surface area contributed by atoms with Crippen LogP contribution in [0.1, 0.15) is 25.8 Å². The zero-order valence-electron chi connectivity index (χ0n) is 13.0. The highest BCUT2D eigenvalue weighted by molar-refractivity contribution is 8.00. The fourth-order valence-corrected chi connectivity index (χ4v) is 2.90. The zero-order chi connectivity index (χ0) is 18.0. The highest BCUT2D eigenvalue weighted by Gasteiger charge is 2.33. The number of carbonyl (C=O) groups excluding carboxylic acids is 1. The third kappa shape index (κ3) is 4.62. The average Bonchev–Trinajstić information content (AvgIpc) is 3.27.